The van der Waals surface area contributed by atoms with E-state index < -0.39 is 0 Å². The van der Waals surface area contributed by atoms with Crippen molar-refractivity contribution in [3.05, 3.63) is 41.2 Å². The Bertz CT molecular complexity index is 990. The second kappa shape index (κ2) is 8.15. The number of fused-ring (bicyclic) bond motifs is 2. The van der Waals surface area contributed by atoms with Crippen LogP contribution in [0, 0.1) is 13.3 Å². The Labute approximate surface area is 190 Å². The molecule has 0 saturated heterocycles. The molecule has 140 valence electrons. The molecule has 1 fully saturated rings. The summed E-state index contributed by atoms with van der Waals surface area (Å²) in [5, 5.41) is 3.46. The van der Waals surface area contributed by atoms with Crippen molar-refractivity contribution in [3.63, 3.8) is 0 Å². The number of aryl methyl sites for hydroxylation is 3. The number of imidazole rings is 1. The van der Waals surface area contributed by atoms with E-state index in [0.29, 0.717) is 11.8 Å². The molecule has 1 aliphatic carbocycles. The molecule has 7 heteroatoms. The molecule has 3 aromatic rings. The molecule has 5 rings (SSSR count). The second-order valence-corrected chi connectivity index (χ2v) is 7.92. The molecule has 0 unspecified atom stereocenters. The summed E-state index contributed by atoms with van der Waals surface area (Å²) in [6.45, 7) is 3.01. The largest absolute Gasteiger partial charge is 3.00 e. The molecule has 28 heavy (non-hydrogen) atoms. The monoisotopic (exact) mass is 450 g/mol. The van der Waals surface area contributed by atoms with Crippen LogP contribution in [-0.2, 0) is 46.2 Å². The van der Waals surface area contributed by atoms with Crippen molar-refractivity contribution in [1.82, 2.24) is 24.5 Å². The Morgan fingerprint density at radius 1 is 1.07 bits per heavy atom. The van der Waals surface area contributed by atoms with Crippen LogP contribution in [0.25, 0.3) is 11.2 Å². The maximum Gasteiger partial charge on any atom is 3.00 e. The molecule has 0 aromatic carbocycles. The zero-order chi connectivity index (χ0) is 18.4. The smallest absolute Gasteiger partial charge is 0.435 e. The minimum Gasteiger partial charge on any atom is -0.435 e. The first kappa shape index (κ1) is 19.9. The standard InChI is InChI=1S/C21H25N6.Y/c1-13-24-18(19-21(25-13)27(2)12-23-19)15-7-5-14(6-8-15)17-10-9-16-4-3-11-22-20(16)26-17;/h9-10,14-15H,3-8,11H2,1-2H3,(H,22,26);/q-1;+3. The van der Waals surface area contributed by atoms with Gasteiger partial charge in [0, 0.05) is 35.8 Å². The van der Waals surface area contributed by atoms with E-state index in [9.17, 15) is 0 Å². The van der Waals surface area contributed by atoms with Crippen molar-refractivity contribution in [3.8, 4) is 0 Å². The predicted octanol–water partition coefficient (Wildman–Crippen LogP) is 3.66. The van der Waals surface area contributed by atoms with Crippen LogP contribution in [0.4, 0.5) is 5.82 Å². The van der Waals surface area contributed by atoms with Crippen LogP contribution in [0.2, 0.25) is 0 Å². The molecule has 0 radical (unpaired) electrons. The minimum absolute atomic E-state index is 0. The fourth-order valence-electron chi connectivity index (χ4n) is 4.60. The summed E-state index contributed by atoms with van der Waals surface area (Å²) in [6, 6.07) is 4.52. The van der Waals surface area contributed by atoms with E-state index in [1.807, 2.05) is 18.5 Å². The van der Waals surface area contributed by atoms with Gasteiger partial charge in [-0.25, -0.2) is 4.98 Å². The number of nitrogens with one attached hydrogen (secondary N) is 1. The minimum atomic E-state index is 0. The number of aromatic nitrogens is 5. The van der Waals surface area contributed by atoms with Gasteiger partial charge in [-0.05, 0) is 75.6 Å². The molecule has 0 amide bonds. The van der Waals surface area contributed by atoms with Gasteiger partial charge in [-0.1, -0.05) is 6.07 Å². The van der Waals surface area contributed by atoms with Crippen LogP contribution in [0.15, 0.2) is 12.1 Å². The molecule has 4 heterocycles. The number of nitrogens with zero attached hydrogens (tertiary/aromatic N) is 5. The molecule has 3 aromatic heterocycles. The fourth-order valence-corrected chi connectivity index (χ4v) is 4.60. The van der Waals surface area contributed by atoms with Crippen LogP contribution in [0.3, 0.4) is 0 Å². The first-order chi connectivity index (χ1) is 13.2. The molecule has 1 saturated carbocycles. The first-order valence-electron chi connectivity index (χ1n) is 10.0. The molecule has 1 N–H and O–H groups in total. The second-order valence-electron chi connectivity index (χ2n) is 7.92. The van der Waals surface area contributed by atoms with Gasteiger partial charge >= 0.3 is 32.7 Å². The summed E-state index contributed by atoms with van der Waals surface area (Å²) in [5.74, 6) is 2.92. The van der Waals surface area contributed by atoms with Crippen molar-refractivity contribution in [1.29, 1.82) is 0 Å². The van der Waals surface area contributed by atoms with Gasteiger partial charge in [0.2, 0.25) is 0 Å². The summed E-state index contributed by atoms with van der Waals surface area (Å²) < 4.78 is 1.86. The SMILES string of the molecule is Cc1nc(C2CCC(c3ccc4c(n3)NCCC4)CC2)c2n[c-]n(C)c2n1.[Y+3]. The topological polar surface area (TPSA) is 68.5 Å². The van der Waals surface area contributed by atoms with E-state index in [0.717, 1.165) is 67.1 Å². The van der Waals surface area contributed by atoms with Crippen molar-refractivity contribution < 1.29 is 32.7 Å². The summed E-state index contributed by atoms with van der Waals surface area (Å²) in [4.78, 5) is 18.7. The van der Waals surface area contributed by atoms with Crippen molar-refractivity contribution in [2.75, 3.05) is 11.9 Å². The molecular weight excluding hydrogens is 425 g/mol. The zero-order valence-electron chi connectivity index (χ0n) is 16.6. The number of anilines is 1. The van der Waals surface area contributed by atoms with Gasteiger partial charge in [0.05, 0.1) is 0 Å². The molecule has 0 atom stereocenters. The molecular formula is C21H25N6Y+2. The van der Waals surface area contributed by atoms with E-state index in [1.54, 1.807) is 0 Å². The van der Waals surface area contributed by atoms with E-state index in [2.05, 4.69) is 33.7 Å². The van der Waals surface area contributed by atoms with Gasteiger partial charge in [0.25, 0.3) is 0 Å². The van der Waals surface area contributed by atoms with Crippen LogP contribution < -0.4 is 5.32 Å². The maximum absolute atomic E-state index is 4.94. The van der Waals surface area contributed by atoms with Gasteiger partial charge in [-0.3, -0.25) is 9.97 Å². The molecule has 0 bridgehead atoms. The van der Waals surface area contributed by atoms with Gasteiger partial charge in [0.1, 0.15) is 11.6 Å². The van der Waals surface area contributed by atoms with E-state index in [-0.39, 0.29) is 32.7 Å². The summed E-state index contributed by atoms with van der Waals surface area (Å²) in [5.41, 5.74) is 5.53. The van der Waals surface area contributed by atoms with Crippen molar-refractivity contribution in [2.45, 2.75) is 57.3 Å². The number of rotatable bonds is 2. The summed E-state index contributed by atoms with van der Waals surface area (Å²) in [7, 11) is 1.94. The molecule has 1 aliphatic heterocycles. The normalized spacial score (nSPS) is 21.6. The van der Waals surface area contributed by atoms with Crippen LogP contribution in [0.1, 0.15) is 66.7 Å². The average Bonchev–Trinajstić information content (AvgIpc) is 3.08. The molecule has 6 nitrogen and oxygen atoms in total. The van der Waals surface area contributed by atoms with Gasteiger partial charge in [-0.15, -0.1) is 0 Å². The molecule has 0 spiro atoms. The Balaban J connectivity index is 0.00000192. The summed E-state index contributed by atoms with van der Waals surface area (Å²) in [6.07, 6.45) is 9.89. The number of pyridine rings is 1. The number of hydrogen-bond donors (Lipinski definition) is 1. The Kier molecular flexibility index (Phi) is 5.79. The third kappa shape index (κ3) is 3.61. The van der Waals surface area contributed by atoms with Crippen LogP contribution in [0.5, 0.6) is 0 Å². The quantitative estimate of drug-likeness (QED) is 0.604. The predicted molar refractivity (Wildman–Crippen MR) is 105 cm³/mol. The summed E-state index contributed by atoms with van der Waals surface area (Å²) >= 11 is 0. The van der Waals surface area contributed by atoms with E-state index in [4.69, 9.17) is 9.97 Å². The van der Waals surface area contributed by atoms with Gasteiger partial charge in [0.15, 0.2) is 0 Å². The average molecular weight is 450 g/mol. The Hall–Kier alpha value is -1.40. The van der Waals surface area contributed by atoms with Crippen LogP contribution >= 0.6 is 0 Å². The fraction of sp³-hybridized carbons (Fsp3) is 0.524. The zero-order valence-corrected chi connectivity index (χ0v) is 19.4. The first-order valence-corrected chi connectivity index (χ1v) is 10.0. The van der Waals surface area contributed by atoms with Gasteiger partial charge < -0.3 is 14.9 Å². The van der Waals surface area contributed by atoms with E-state index in [1.165, 1.54) is 17.7 Å². The maximum atomic E-state index is 4.94. The van der Waals surface area contributed by atoms with Gasteiger partial charge in [-0.2, -0.15) is 0 Å². The Morgan fingerprint density at radius 3 is 2.68 bits per heavy atom. The Morgan fingerprint density at radius 2 is 1.86 bits per heavy atom. The van der Waals surface area contributed by atoms with E-state index >= 15 is 0 Å². The van der Waals surface area contributed by atoms with Crippen molar-refractivity contribution >= 4 is 17.0 Å². The third-order valence-corrected chi connectivity index (χ3v) is 6.08. The molecule has 2 aliphatic rings. The number of hydrogen-bond acceptors (Lipinski definition) is 5. The third-order valence-electron chi connectivity index (χ3n) is 6.08. The van der Waals surface area contributed by atoms with Crippen LogP contribution in [-0.4, -0.2) is 31.0 Å². The van der Waals surface area contributed by atoms with Crippen molar-refractivity contribution in [2.24, 2.45) is 7.05 Å².